The van der Waals surface area contributed by atoms with Crippen molar-refractivity contribution in [1.29, 1.82) is 10.8 Å². The van der Waals surface area contributed by atoms with E-state index in [1.54, 1.807) is 42.1 Å². The first-order chi connectivity index (χ1) is 16.0. The van der Waals surface area contributed by atoms with Gasteiger partial charge in [-0.15, -0.1) is 0 Å². The maximum absolute atomic E-state index is 13.7. The number of fused-ring (bicyclic) bond motifs is 1. The zero-order chi connectivity index (χ0) is 24.0. The molecule has 1 aliphatic rings. The van der Waals surface area contributed by atoms with E-state index in [4.69, 9.17) is 20.3 Å². The number of pyridine rings is 2. The highest BCUT2D eigenvalue weighted by atomic mass is 16.5. The highest BCUT2D eigenvalue weighted by Gasteiger charge is 2.21. The lowest BCUT2D eigenvalue weighted by atomic mass is 10.0. The molecule has 2 aromatic heterocycles. The van der Waals surface area contributed by atoms with E-state index in [1.807, 2.05) is 51.1 Å². The van der Waals surface area contributed by atoms with E-state index in [1.165, 1.54) is 4.57 Å². The van der Waals surface area contributed by atoms with Crippen LogP contribution in [-0.2, 0) is 4.74 Å². The van der Waals surface area contributed by atoms with Crippen molar-refractivity contribution in [3.8, 4) is 22.6 Å². The second-order valence-electron chi connectivity index (χ2n) is 6.92. The van der Waals surface area contributed by atoms with E-state index < -0.39 is 0 Å². The number of nitrogens with zero attached hydrogens (tertiary/aromatic N) is 2. The van der Waals surface area contributed by atoms with Gasteiger partial charge in [-0.1, -0.05) is 19.9 Å². The number of aromatic nitrogens is 2. The Bertz CT molecular complexity index is 1270. The summed E-state index contributed by atoms with van der Waals surface area (Å²) in [6, 6.07) is 12.4. The van der Waals surface area contributed by atoms with Gasteiger partial charge in [-0.25, -0.2) is 0 Å². The third kappa shape index (κ3) is 4.80. The van der Waals surface area contributed by atoms with Crippen LogP contribution in [0.2, 0.25) is 0 Å². The smallest absolute Gasteiger partial charge is 0.264 e. The number of anilines is 1. The fraction of sp³-hybridized carbons (Fsp3) is 0.240. The van der Waals surface area contributed by atoms with Gasteiger partial charge in [0, 0.05) is 29.5 Å². The molecule has 0 saturated heterocycles. The van der Waals surface area contributed by atoms with Gasteiger partial charge in [-0.2, -0.15) is 0 Å². The van der Waals surface area contributed by atoms with Crippen molar-refractivity contribution in [2.45, 2.75) is 27.0 Å². The molecule has 1 unspecified atom stereocenters. The van der Waals surface area contributed by atoms with Crippen molar-refractivity contribution in [3.05, 3.63) is 76.1 Å². The zero-order valence-electron chi connectivity index (χ0n) is 19.3. The van der Waals surface area contributed by atoms with E-state index in [9.17, 15) is 4.79 Å². The van der Waals surface area contributed by atoms with Crippen molar-refractivity contribution in [2.24, 2.45) is 0 Å². The Hall–Kier alpha value is -3.91. The number of ether oxygens (including phenoxy) is 2. The molecule has 3 aromatic rings. The lowest BCUT2D eigenvalue weighted by Crippen LogP contribution is -2.31. The summed E-state index contributed by atoms with van der Waals surface area (Å²) >= 11 is 0. The molecule has 1 aromatic carbocycles. The highest BCUT2D eigenvalue weighted by Crippen LogP contribution is 2.29. The molecule has 0 radical (unpaired) electrons. The van der Waals surface area contributed by atoms with Gasteiger partial charge in [0.15, 0.2) is 0 Å². The average Bonchev–Trinajstić information content (AvgIpc) is 2.86. The van der Waals surface area contributed by atoms with Crippen molar-refractivity contribution in [3.63, 3.8) is 0 Å². The van der Waals surface area contributed by atoms with E-state index in [0.717, 1.165) is 11.9 Å². The van der Waals surface area contributed by atoms with Crippen LogP contribution in [0.3, 0.4) is 0 Å². The number of nitrogens with one attached hydrogen (secondary N) is 3. The van der Waals surface area contributed by atoms with Crippen molar-refractivity contribution in [1.82, 2.24) is 9.13 Å². The molecule has 8 heteroatoms. The zero-order valence-corrected chi connectivity index (χ0v) is 19.3. The van der Waals surface area contributed by atoms with Gasteiger partial charge < -0.3 is 14.8 Å². The Morgan fingerprint density at radius 3 is 2.52 bits per heavy atom. The van der Waals surface area contributed by atoms with Gasteiger partial charge in [-0.3, -0.25) is 24.7 Å². The second-order valence-corrected chi connectivity index (χ2v) is 6.92. The predicted molar refractivity (Wildman–Crippen MR) is 131 cm³/mol. The third-order valence-electron chi connectivity index (χ3n) is 5.06. The fourth-order valence-electron chi connectivity index (χ4n) is 3.53. The van der Waals surface area contributed by atoms with E-state index in [2.05, 4.69) is 5.32 Å². The van der Waals surface area contributed by atoms with Gasteiger partial charge in [0.25, 0.3) is 5.56 Å². The molecule has 0 amide bonds. The van der Waals surface area contributed by atoms with Crippen LogP contribution in [-0.4, -0.2) is 35.4 Å². The molecule has 0 bridgehead atoms. The van der Waals surface area contributed by atoms with Crippen molar-refractivity contribution in [2.75, 3.05) is 19.0 Å². The fourth-order valence-corrected chi connectivity index (χ4v) is 3.53. The van der Waals surface area contributed by atoms with Gasteiger partial charge >= 0.3 is 0 Å². The Balaban J connectivity index is 0.00000149. The van der Waals surface area contributed by atoms with Crippen LogP contribution in [0.5, 0.6) is 5.75 Å². The second kappa shape index (κ2) is 10.6. The summed E-state index contributed by atoms with van der Waals surface area (Å²) in [5.41, 5.74) is 2.53. The first kappa shape index (κ1) is 23.7. The minimum atomic E-state index is -0.338. The molecule has 0 fully saturated rings. The molecule has 0 aliphatic carbocycles. The number of methoxy groups -OCH3 is 1. The normalized spacial score (nSPS) is 13.9. The monoisotopic (exact) mass is 447 g/mol. The molecule has 33 heavy (non-hydrogen) atoms. The van der Waals surface area contributed by atoms with Crippen LogP contribution in [0.1, 0.15) is 26.3 Å². The van der Waals surface area contributed by atoms with E-state index >= 15 is 0 Å². The van der Waals surface area contributed by atoms with Crippen molar-refractivity contribution < 1.29 is 9.47 Å². The van der Waals surface area contributed by atoms with Crippen LogP contribution >= 0.6 is 0 Å². The number of hydrogen-bond acceptors (Lipinski definition) is 6. The molecule has 0 saturated carbocycles. The Kier molecular flexibility index (Phi) is 7.63. The summed E-state index contributed by atoms with van der Waals surface area (Å²) in [6.07, 6.45) is 6.15. The molecule has 172 valence electrons. The van der Waals surface area contributed by atoms with Crippen LogP contribution in [0, 0.1) is 10.8 Å². The summed E-state index contributed by atoms with van der Waals surface area (Å²) in [4.78, 5) is 13.7. The average molecular weight is 448 g/mol. The summed E-state index contributed by atoms with van der Waals surface area (Å²) in [5, 5.41) is 18.7. The maximum Gasteiger partial charge on any atom is 0.264 e. The van der Waals surface area contributed by atoms with Crippen LogP contribution < -0.4 is 21.1 Å². The standard InChI is InChI=1S/C23H23N5O3.C2H6/c1-3-31-21-11-5-15-12-19(16-4-10-20(25)27(13-16)14-24)23(29)28(22(15)26-21)17-6-8-18(30-2)9-7-17;1-2/h4-14,21,24-26H,3H2,1-2H3;1-2H3. The number of hydrogen-bond donors (Lipinski definition) is 3. The number of benzene rings is 1. The highest BCUT2D eigenvalue weighted by molar-refractivity contribution is 5.76. The van der Waals surface area contributed by atoms with Crippen molar-refractivity contribution >= 4 is 18.2 Å². The van der Waals surface area contributed by atoms with Gasteiger partial charge in [0.1, 0.15) is 23.3 Å². The van der Waals surface area contributed by atoms with Crippen LogP contribution in [0.15, 0.2) is 59.5 Å². The van der Waals surface area contributed by atoms with Gasteiger partial charge in [0.2, 0.25) is 0 Å². The van der Waals surface area contributed by atoms with Crippen LogP contribution in [0.25, 0.3) is 22.9 Å². The quantitative estimate of drug-likeness (QED) is 0.391. The molecule has 0 spiro atoms. The first-order valence-electron chi connectivity index (χ1n) is 10.8. The molecular weight excluding hydrogens is 418 g/mol. The number of rotatable bonds is 6. The molecule has 1 aliphatic heterocycles. The Morgan fingerprint density at radius 1 is 1.15 bits per heavy atom. The third-order valence-corrected chi connectivity index (χ3v) is 5.06. The molecular formula is C25H29N5O3. The summed E-state index contributed by atoms with van der Waals surface area (Å²) < 4.78 is 13.9. The topological polar surface area (TPSA) is 105 Å². The summed E-state index contributed by atoms with van der Waals surface area (Å²) in [5.74, 6) is 1.33. The van der Waals surface area contributed by atoms with E-state index in [0.29, 0.717) is 35.0 Å². The molecule has 3 N–H and O–H groups in total. The Labute approximate surface area is 192 Å². The van der Waals surface area contributed by atoms with Gasteiger partial charge in [0.05, 0.1) is 19.1 Å². The predicted octanol–water partition coefficient (Wildman–Crippen LogP) is 4.08. The minimum Gasteiger partial charge on any atom is -0.497 e. The minimum absolute atomic E-state index is 0.160. The Morgan fingerprint density at radius 2 is 1.88 bits per heavy atom. The maximum atomic E-state index is 13.7. The lowest BCUT2D eigenvalue weighted by Gasteiger charge is -2.26. The molecule has 3 heterocycles. The summed E-state index contributed by atoms with van der Waals surface area (Å²) in [7, 11) is 1.59. The first-order valence-corrected chi connectivity index (χ1v) is 10.8. The van der Waals surface area contributed by atoms with Crippen LogP contribution in [0.4, 0.5) is 5.82 Å². The SMILES string of the molecule is CC.CCOC1C=Cc2cc(-c3ccc(=N)n(C=N)c3)c(=O)n(-c3ccc(OC)cc3)c2N1. The molecule has 1 atom stereocenters. The lowest BCUT2D eigenvalue weighted by molar-refractivity contribution is 0.115. The summed E-state index contributed by atoms with van der Waals surface area (Å²) in [6.45, 7) is 6.45. The molecule has 4 rings (SSSR count). The molecule has 8 nitrogen and oxygen atoms in total. The van der Waals surface area contributed by atoms with E-state index in [-0.39, 0.29) is 17.3 Å². The largest absolute Gasteiger partial charge is 0.497 e. The van der Waals surface area contributed by atoms with Gasteiger partial charge in [-0.05, 0) is 55.5 Å².